The molecular formula is C18H12FN3. The molecule has 2 aromatic carbocycles. The summed E-state index contributed by atoms with van der Waals surface area (Å²) in [6.45, 7) is 0. The summed E-state index contributed by atoms with van der Waals surface area (Å²) in [6.07, 6.45) is 1.76. The molecule has 0 aliphatic rings. The normalized spacial score (nSPS) is 11.0. The van der Waals surface area contributed by atoms with Crippen LogP contribution in [0.2, 0.25) is 0 Å². The third kappa shape index (κ3) is 2.24. The molecule has 0 aliphatic heterocycles. The van der Waals surface area contributed by atoms with Gasteiger partial charge in [-0.25, -0.2) is 9.37 Å². The number of benzene rings is 2. The van der Waals surface area contributed by atoms with E-state index in [1.165, 1.54) is 12.1 Å². The molecule has 0 amide bonds. The van der Waals surface area contributed by atoms with Crippen molar-refractivity contribution >= 4 is 33.3 Å². The highest BCUT2D eigenvalue weighted by molar-refractivity contribution is 6.03. The van der Waals surface area contributed by atoms with Crippen molar-refractivity contribution in [3.8, 4) is 0 Å². The minimum Gasteiger partial charge on any atom is -0.340 e. The summed E-state index contributed by atoms with van der Waals surface area (Å²) in [5.74, 6) is 0.383. The molecule has 4 rings (SSSR count). The minimum atomic E-state index is -0.280. The lowest BCUT2D eigenvalue weighted by atomic mass is 10.1. The smallest absolute Gasteiger partial charge is 0.131 e. The zero-order valence-electron chi connectivity index (χ0n) is 11.6. The molecule has 4 heteroatoms. The number of fused-ring (bicyclic) bond motifs is 3. The summed E-state index contributed by atoms with van der Waals surface area (Å²) in [4.78, 5) is 9.05. The SMILES string of the molecule is Fc1cccc(Nc2ccc3ccc4cccnc4c3n2)c1. The van der Waals surface area contributed by atoms with E-state index in [1.807, 2.05) is 36.4 Å². The lowest BCUT2D eigenvalue weighted by molar-refractivity contribution is 0.628. The van der Waals surface area contributed by atoms with Crippen molar-refractivity contribution in [2.24, 2.45) is 0 Å². The van der Waals surface area contributed by atoms with Gasteiger partial charge in [-0.05, 0) is 36.4 Å². The number of hydrogen-bond donors (Lipinski definition) is 1. The van der Waals surface area contributed by atoms with Crippen LogP contribution in [-0.2, 0) is 0 Å². The standard InChI is InChI=1S/C18H12FN3/c19-14-4-1-5-15(11-14)21-16-9-8-13-7-6-12-3-2-10-20-17(12)18(13)22-16/h1-11H,(H,21,22). The Morgan fingerprint density at radius 1 is 0.818 bits per heavy atom. The summed E-state index contributed by atoms with van der Waals surface area (Å²) in [6, 6.07) is 18.2. The molecule has 0 saturated heterocycles. The first kappa shape index (κ1) is 12.7. The van der Waals surface area contributed by atoms with Gasteiger partial charge in [0.2, 0.25) is 0 Å². The number of halogens is 1. The molecule has 0 radical (unpaired) electrons. The Labute approximate surface area is 126 Å². The Hall–Kier alpha value is -3.01. The van der Waals surface area contributed by atoms with Gasteiger partial charge in [0.25, 0.3) is 0 Å². The molecule has 3 nitrogen and oxygen atoms in total. The Morgan fingerprint density at radius 3 is 2.50 bits per heavy atom. The zero-order chi connectivity index (χ0) is 14.9. The van der Waals surface area contributed by atoms with Crippen LogP contribution >= 0.6 is 0 Å². The molecule has 4 aromatic rings. The Morgan fingerprint density at radius 2 is 1.64 bits per heavy atom. The molecule has 0 bridgehead atoms. The van der Waals surface area contributed by atoms with Gasteiger partial charge in [0, 0.05) is 22.7 Å². The highest BCUT2D eigenvalue weighted by Crippen LogP contribution is 2.24. The van der Waals surface area contributed by atoms with Gasteiger partial charge in [-0.15, -0.1) is 0 Å². The zero-order valence-corrected chi connectivity index (χ0v) is 11.6. The van der Waals surface area contributed by atoms with E-state index in [0.717, 1.165) is 21.8 Å². The van der Waals surface area contributed by atoms with Gasteiger partial charge < -0.3 is 5.32 Å². The maximum atomic E-state index is 13.3. The van der Waals surface area contributed by atoms with E-state index in [2.05, 4.69) is 15.3 Å². The van der Waals surface area contributed by atoms with Gasteiger partial charge in [-0.3, -0.25) is 4.98 Å². The number of nitrogens with zero attached hydrogens (tertiary/aromatic N) is 2. The summed E-state index contributed by atoms with van der Waals surface area (Å²) in [5.41, 5.74) is 2.36. The number of nitrogens with one attached hydrogen (secondary N) is 1. The summed E-state index contributed by atoms with van der Waals surface area (Å²) in [7, 11) is 0. The van der Waals surface area contributed by atoms with Crippen LogP contribution in [0.15, 0.2) is 66.9 Å². The Bertz CT molecular complexity index is 982. The first-order chi connectivity index (χ1) is 10.8. The van der Waals surface area contributed by atoms with Crippen LogP contribution in [0.25, 0.3) is 21.8 Å². The molecule has 1 N–H and O–H groups in total. The van der Waals surface area contributed by atoms with Crippen LogP contribution in [-0.4, -0.2) is 9.97 Å². The molecule has 0 atom stereocenters. The second kappa shape index (κ2) is 5.07. The number of pyridine rings is 2. The van der Waals surface area contributed by atoms with Crippen LogP contribution in [0.5, 0.6) is 0 Å². The lowest BCUT2D eigenvalue weighted by Crippen LogP contribution is -1.95. The van der Waals surface area contributed by atoms with Crippen LogP contribution in [0.3, 0.4) is 0 Å². The molecule has 0 fully saturated rings. The lowest BCUT2D eigenvalue weighted by Gasteiger charge is -2.08. The van der Waals surface area contributed by atoms with E-state index in [0.29, 0.717) is 11.5 Å². The second-order valence-electron chi connectivity index (χ2n) is 5.04. The summed E-state index contributed by atoms with van der Waals surface area (Å²) < 4.78 is 13.3. The van der Waals surface area contributed by atoms with Crippen LogP contribution in [0.1, 0.15) is 0 Å². The summed E-state index contributed by atoms with van der Waals surface area (Å²) >= 11 is 0. The van der Waals surface area contributed by atoms with Gasteiger partial charge in [-0.1, -0.05) is 24.3 Å². The molecule has 2 heterocycles. The molecule has 106 valence electrons. The molecule has 2 aromatic heterocycles. The Kier molecular flexibility index (Phi) is 2.93. The first-order valence-electron chi connectivity index (χ1n) is 6.97. The van der Waals surface area contributed by atoms with Gasteiger partial charge in [0.05, 0.1) is 11.0 Å². The fourth-order valence-corrected chi connectivity index (χ4v) is 2.51. The molecule has 0 spiro atoms. The predicted molar refractivity (Wildman–Crippen MR) is 86.7 cm³/mol. The van der Waals surface area contributed by atoms with E-state index in [1.54, 1.807) is 18.3 Å². The third-order valence-corrected chi connectivity index (χ3v) is 3.53. The minimum absolute atomic E-state index is 0.280. The van der Waals surface area contributed by atoms with E-state index >= 15 is 0 Å². The first-order valence-corrected chi connectivity index (χ1v) is 6.97. The maximum absolute atomic E-state index is 13.3. The number of anilines is 2. The average molecular weight is 289 g/mol. The van der Waals surface area contributed by atoms with Crippen molar-refractivity contribution in [1.29, 1.82) is 0 Å². The fraction of sp³-hybridized carbons (Fsp3) is 0. The Balaban J connectivity index is 1.84. The largest absolute Gasteiger partial charge is 0.340 e. The van der Waals surface area contributed by atoms with Crippen molar-refractivity contribution in [3.05, 3.63) is 72.7 Å². The molecule has 0 aliphatic carbocycles. The van der Waals surface area contributed by atoms with Gasteiger partial charge in [-0.2, -0.15) is 0 Å². The number of rotatable bonds is 2. The fourth-order valence-electron chi connectivity index (χ4n) is 2.51. The van der Waals surface area contributed by atoms with Crippen molar-refractivity contribution in [2.75, 3.05) is 5.32 Å². The van der Waals surface area contributed by atoms with Crippen molar-refractivity contribution < 1.29 is 4.39 Å². The quantitative estimate of drug-likeness (QED) is 0.545. The number of hydrogen-bond acceptors (Lipinski definition) is 3. The monoisotopic (exact) mass is 289 g/mol. The van der Waals surface area contributed by atoms with E-state index < -0.39 is 0 Å². The second-order valence-corrected chi connectivity index (χ2v) is 5.04. The predicted octanol–water partition coefficient (Wildman–Crippen LogP) is 4.67. The topological polar surface area (TPSA) is 37.8 Å². The third-order valence-electron chi connectivity index (χ3n) is 3.53. The van der Waals surface area contributed by atoms with Crippen LogP contribution < -0.4 is 5.32 Å². The van der Waals surface area contributed by atoms with Crippen molar-refractivity contribution in [1.82, 2.24) is 9.97 Å². The molecule has 22 heavy (non-hydrogen) atoms. The van der Waals surface area contributed by atoms with E-state index in [4.69, 9.17) is 0 Å². The maximum Gasteiger partial charge on any atom is 0.131 e. The van der Waals surface area contributed by atoms with Gasteiger partial charge >= 0.3 is 0 Å². The van der Waals surface area contributed by atoms with E-state index in [-0.39, 0.29) is 5.82 Å². The summed E-state index contributed by atoms with van der Waals surface area (Å²) in [5, 5.41) is 5.19. The van der Waals surface area contributed by atoms with Crippen molar-refractivity contribution in [2.45, 2.75) is 0 Å². The molecule has 0 saturated carbocycles. The van der Waals surface area contributed by atoms with Crippen molar-refractivity contribution in [3.63, 3.8) is 0 Å². The van der Waals surface area contributed by atoms with Crippen LogP contribution in [0.4, 0.5) is 15.9 Å². The number of aromatic nitrogens is 2. The highest BCUT2D eigenvalue weighted by atomic mass is 19.1. The van der Waals surface area contributed by atoms with E-state index in [9.17, 15) is 4.39 Å². The van der Waals surface area contributed by atoms with Crippen LogP contribution in [0, 0.1) is 5.82 Å². The highest BCUT2D eigenvalue weighted by Gasteiger charge is 2.05. The molecular weight excluding hydrogens is 277 g/mol. The molecule has 0 unspecified atom stereocenters. The van der Waals surface area contributed by atoms with Gasteiger partial charge in [0.15, 0.2) is 0 Å². The van der Waals surface area contributed by atoms with Gasteiger partial charge in [0.1, 0.15) is 11.6 Å². The average Bonchev–Trinajstić information content (AvgIpc) is 2.55.